The van der Waals surface area contributed by atoms with Gasteiger partial charge in [-0.15, -0.1) is 0 Å². The van der Waals surface area contributed by atoms with Crippen LogP contribution in [0.1, 0.15) is 5.69 Å². The van der Waals surface area contributed by atoms with Crippen LogP contribution in [0.2, 0.25) is 0 Å². The number of aromatic nitrogens is 2. The molecule has 0 bridgehead atoms. The topological polar surface area (TPSA) is 60.4 Å². The number of benzene rings is 1. The molecule has 3 rings (SSSR count). The van der Waals surface area contributed by atoms with Crippen molar-refractivity contribution in [2.45, 2.75) is 0 Å². The van der Waals surface area contributed by atoms with E-state index >= 15 is 0 Å². The Bertz CT molecular complexity index is 1080. The van der Waals surface area contributed by atoms with Gasteiger partial charge >= 0.3 is 0 Å². The lowest BCUT2D eigenvalue weighted by atomic mass is 10.2. The van der Waals surface area contributed by atoms with E-state index in [0.29, 0.717) is 11.5 Å². The molecule has 6 nitrogen and oxygen atoms in total. The predicted molar refractivity (Wildman–Crippen MR) is 110 cm³/mol. The molecule has 0 spiro atoms. The molecule has 0 saturated carbocycles. The Labute approximate surface area is 164 Å². The Morgan fingerprint density at radius 1 is 1.00 bits per heavy atom. The summed E-state index contributed by atoms with van der Waals surface area (Å²) < 4.78 is 0. The Morgan fingerprint density at radius 3 is 2.32 bits per heavy atom. The third kappa shape index (κ3) is 3.98. The van der Waals surface area contributed by atoms with E-state index in [9.17, 15) is 5.26 Å². The molecular formula is C22H17N6-. The minimum Gasteiger partial charge on any atom is -0.477 e. The zero-order valence-electron chi connectivity index (χ0n) is 15.5. The van der Waals surface area contributed by atoms with Crippen molar-refractivity contribution in [2.24, 2.45) is 0 Å². The summed E-state index contributed by atoms with van der Waals surface area (Å²) in [6.07, 6.45) is 4.11. The lowest BCUT2D eigenvalue weighted by molar-refractivity contribution is 1.10. The number of hydrogen-bond acceptors (Lipinski definition) is 5. The fraction of sp³-hybridized carbons (Fsp3) is 0.0909. The minimum atomic E-state index is 0.119. The fourth-order valence-electron chi connectivity index (χ4n) is 2.67. The average molecular weight is 365 g/mol. The summed E-state index contributed by atoms with van der Waals surface area (Å²) in [6.45, 7) is 6.89. The van der Waals surface area contributed by atoms with E-state index in [1.165, 1.54) is 0 Å². The number of anilines is 4. The van der Waals surface area contributed by atoms with Gasteiger partial charge in [-0.25, -0.2) is 9.97 Å². The molecule has 0 amide bonds. The molecule has 136 valence electrons. The zero-order chi connectivity index (χ0) is 19.9. The minimum absolute atomic E-state index is 0.119. The Hall–Kier alpha value is -4.16. The van der Waals surface area contributed by atoms with E-state index in [-0.39, 0.29) is 5.57 Å². The summed E-state index contributed by atoms with van der Waals surface area (Å²) in [6, 6.07) is 21.1. The van der Waals surface area contributed by atoms with Gasteiger partial charge in [0.15, 0.2) is 0 Å². The van der Waals surface area contributed by atoms with E-state index in [1.54, 1.807) is 18.3 Å². The van der Waals surface area contributed by atoms with Crippen LogP contribution in [0.5, 0.6) is 0 Å². The van der Waals surface area contributed by atoms with Crippen LogP contribution < -0.4 is 9.80 Å². The number of rotatable bonds is 5. The second-order valence-corrected chi connectivity index (χ2v) is 5.92. The van der Waals surface area contributed by atoms with Gasteiger partial charge in [-0.2, -0.15) is 5.26 Å². The van der Waals surface area contributed by atoms with Crippen molar-refractivity contribution in [3.05, 3.63) is 90.2 Å². The van der Waals surface area contributed by atoms with Crippen LogP contribution >= 0.6 is 0 Å². The number of pyridine rings is 2. The molecule has 0 radical (unpaired) electrons. The summed E-state index contributed by atoms with van der Waals surface area (Å²) in [4.78, 5) is 15.9. The molecule has 0 unspecified atom stereocenters. The zero-order valence-corrected chi connectivity index (χ0v) is 15.5. The highest BCUT2D eigenvalue weighted by molar-refractivity contribution is 5.75. The second kappa shape index (κ2) is 8.48. The van der Waals surface area contributed by atoms with Gasteiger partial charge in [0.1, 0.15) is 11.6 Å². The fourth-order valence-corrected chi connectivity index (χ4v) is 2.67. The van der Waals surface area contributed by atoms with Crippen LogP contribution in [0.15, 0.2) is 66.9 Å². The third-order valence-corrected chi connectivity index (χ3v) is 4.21. The molecule has 2 aromatic heterocycles. The normalized spacial score (nSPS) is 10.6. The van der Waals surface area contributed by atoms with E-state index < -0.39 is 0 Å². The highest BCUT2D eigenvalue weighted by atomic mass is 15.2. The van der Waals surface area contributed by atoms with Crippen LogP contribution in [0, 0.1) is 24.1 Å². The maximum Gasteiger partial charge on any atom is 0.133 e. The summed E-state index contributed by atoms with van der Waals surface area (Å²) in [5, 5.41) is 9.20. The van der Waals surface area contributed by atoms with E-state index in [4.69, 9.17) is 6.57 Å². The highest BCUT2D eigenvalue weighted by Crippen LogP contribution is 2.29. The number of allylic oxidation sites excluding steroid dienone is 1. The molecule has 28 heavy (non-hydrogen) atoms. The first-order valence-electron chi connectivity index (χ1n) is 8.49. The molecule has 1 aromatic carbocycles. The molecule has 6 heteroatoms. The first-order valence-corrected chi connectivity index (χ1v) is 8.49. The number of nitrogens with zero attached hydrogens (tertiary/aromatic N) is 6. The van der Waals surface area contributed by atoms with E-state index in [2.05, 4.69) is 21.0 Å². The van der Waals surface area contributed by atoms with Crippen molar-refractivity contribution in [2.75, 3.05) is 23.9 Å². The average Bonchev–Trinajstić information content (AvgIpc) is 2.77. The largest absolute Gasteiger partial charge is 0.477 e. The first-order chi connectivity index (χ1) is 13.6. The SMILES string of the molecule is [C-]#[N+][C-]=C(C#N)c1cccc(N(C)c2cccc(N(C)c3ccccn3)c2)n1. The predicted octanol–water partition coefficient (Wildman–Crippen LogP) is 4.60. The van der Waals surface area contributed by atoms with Crippen molar-refractivity contribution in [3.8, 4) is 6.07 Å². The molecule has 0 N–H and O–H groups in total. The van der Waals surface area contributed by atoms with Crippen molar-refractivity contribution in [1.82, 2.24) is 9.97 Å². The number of nitriles is 1. The quantitative estimate of drug-likeness (QED) is 0.488. The van der Waals surface area contributed by atoms with Crippen LogP contribution in [0.25, 0.3) is 10.4 Å². The van der Waals surface area contributed by atoms with Gasteiger partial charge in [-0.3, -0.25) is 6.57 Å². The van der Waals surface area contributed by atoms with Gasteiger partial charge in [0.25, 0.3) is 0 Å². The highest BCUT2D eigenvalue weighted by Gasteiger charge is 2.10. The maximum atomic E-state index is 9.20. The molecule has 0 fully saturated rings. The van der Waals surface area contributed by atoms with Gasteiger partial charge in [-0.1, -0.05) is 18.2 Å². The van der Waals surface area contributed by atoms with Crippen molar-refractivity contribution in [3.63, 3.8) is 0 Å². The van der Waals surface area contributed by atoms with Gasteiger partial charge in [0.2, 0.25) is 0 Å². The number of hydrogen-bond donors (Lipinski definition) is 0. The monoisotopic (exact) mass is 365 g/mol. The lowest BCUT2D eigenvalue weighted by Gasteiger charge is -2.23. The van der Waals surface area contributed by atoms with Gasteiger partial charge < -0.3 is 14.6 Å². The third-order valence-electron chi connectivity index (χ3n) is 4.21. The molecule has 2 heterocycles. The summed E-state index contributed by atoms with van der Waals surface area (Å²) in [5.41, 5.74) is 2.46. The molecule has 0 aliphatic heterocycles. The first kappa shape index (κ1) is 18.6. The lowest BCUT2D eigenvalue weighted by Crippen LogP contribution is -2.14. The second-order valence-electron chi connectivity index (χ2n) is 5.92. The molecule has 0 saturated heterocycles. The van der Waals surface area contributed by atoms with Crippen molar-refractivity contribution >= 4 is 28.6 Å². The smallest absolute Gasteiger partial charge is 0.133 e. The maximum absolute atomic E-state index is 9.20. The van der Waals surface area contributed by atoms with E-state index in [0.717, 1.165) is 17.2 Å². The van der Waals surface area contributed by atoms with Crippen molar-refractivity contribution < 1.29 is 0 Å². The van der Waals surface area contributed by atoms with Crippen LogP contribution in [-0.2, 0) is 0 Å². The molecule has 3 aromatic rings. The van der Waals surface area contributed by atoms with Gasteiger partial charge in [-0.05, 0) is 54.2 Å². The molecule has 0 aliphatic rings. The summed E-state index contributed by atoms with van der Waals surface area (Å²) in [7, 11) is 3.87. The Kier molecular flexibility index (Phi) is 5.64. The van der Waals surface area contributed by atoms with Crippen LogP contribution in [-0.4, -0.2) is 24.1 Å². The Balaban J connectivity index is 1.92. The molecular weight excluding hydrogens is 348 g/mol. The van der Waals surface area contributed by atoms with Crippen molar-refractivity contribution in [1.29, 1.82) is 5.26 Å². The Morgan fingerprint density at radius 2 is 1.68 bits per heavy atom. The summed E-state index contributed by atoms with van der Waals surface area (Å²) in [5.74, 6) is 1.51. The summed E-state index contributed by atoms with van der Waals surface area (Å²) >= 11 is 0. The van der Waals surface area contributed by atoms with Crippen LogP contribution in [0.3, 0.4) is 0 Å². The standard InChI is InChI=1S/C22H17N6/c1-24-16-17(15-23)20-10-7-12-22(26-20)28(3)19-9-6-8-18(14-19)27(2)21-11-4-5-13-25-21/h4-14H,2-3H3/q-1. The van der Waals surface area contributed by atoms with Gasteiger partial charge in [0.05, 0.1) is 11.8 Å². The molecule has 0 atom stereocenters. The van der Waals surface area contributed by atoms with Gasteiger partial charge in [0, 0.05) is 31.7 Å². The van der Waals surface area contributed by atoms with E-state index in [1.807, 2.05) is 78.5 Å². The van der Waals surface area contributed by atoms with Crippen LogP contribution in [0.4, 0.5) is 23.0 Å². The molecule has 0 aliphatic carbocycles.